The molecule has 4 nitrogen and oxygen atoms in total. The van der Waals surface area contributed by atoms with Gasteiger partial charge in [-0.1, -0.05) is 25.1 Å². The Balaban J connectivity index is 1.81. The van der Waals surface area contributed by atoms with Gasteiger partial charge in [0, 0.05) is 30.9 Å². The molecule has 2 rings (SSSR count). The average Bonchev–Trinajstić information content (AvgIpc) is 2.96. The second-order valence-corrected chi connectivity index (χ2v) is 4.41. The molecule has 0 saturated carbocycles. The van der Waals surface area contributed by atoms with Gasteiger partial charge in [-0.15, -0.1) is 0 Å². The van der Waals surface area contributed by atoms with Crippen molar-refractivity contribution in [2.45, 2.75) is 26.2 Å². The van der Waals surface area contributed by atoms with E-state index >= 15 is 0 Å². The van der Waals surface area contributed by atoms with Gasteiger partial charge in [-0.05, 0) is 24.5 Å². The van der Waals surface area contributed by atoms with Crippen LogP contribution in [-0.2, 0) is 12.8 Å². The Labute approximate surface area is 113 Å². The Bertz CT molecular complexity index is 520. The molecule has 0 spiro atoms. The molecule has 0 atom stereocenters. The number of H-pyrrole nitrogens is 1. The summed E-state index contributed by atoms with van der Waals surface area (Å²) in [5.41, 5.74) is 1.87. The number of aromatic nitrogens is 2. The predicted octanol–water partition coefficient (Wildman–Crippen LogP) is 2.33. The second kappa shape index (κ2) is 6.73. The molecule has 0 radical (unpaired) electrons. The molecule has 100 valence electrons. The van der Waals surface area contributed by atoms with Crippen LogP contribution in [0.4, 0.5) is 0 Å². The number of carbonyl (C=O) groups is 1. The number of carbonyl (C=O) groups excluding carboxylic acids is 1. The van der Waals surface area contributed by atoms with Gasteiger partial charge in [0.15, 0.2) is 0 Å². The molecular formula is C15H19N3O. The molecule has 0 saturated heterocycles. The Morgan fingerprint density at radius 3 is 2.95 bits per heavy atom. The zero-order valence-corrected chi connectivity index (χ0v) is 11.1. The summed E-state index contributed by atoms with van der Waals surface area (Å²) in [6, 6.07) is 7.74. The monoisotopic (exact) mass is 257 g/mol. The van der Waals surface area contributed by atoms with E-state index in [0.717, 1.165) is 36.2 Å². The highest BCUT2D eigenvalue weighted by molar-refractivity contribution is 5.95. The molecular weight excluding hydrogens is 238 g/mol. The first-order valence-corrected chi connectivity index (χ1v) is 6.65. The van der Waals surface area contributed by atoms with Crippen LogP contribution in [0.25, 0.3) is 0 Å². The van der Waals surface area contributed by atoms with Gasteiger partial charge in [0.1, 0.15) is 5.82 Å². The highest BCUT2D eigenvalue weighted by Gasteiger charge is 2.08. The summed E-state index contributed by atoms with van der Waals surface area (Å²) in [5.74, 6) is 0.972. The normalized spacial score (nSPS) is 10.4. The Kier molecular flexibility index (Phi) is 4.72. The van der Waals surface area contributed by atoms with E-state index in [1.807, 2.05) is 30.5 Å². The van der Waals surface area contributed by atoms with Crippen LogP contribution >= 0.6 is 0 Å². The molecule has 0 fully saturated rings. The van der Waals surface area contributed by atoms with Gasteiger partial charge >= 0.3 is 0 Å². The highest BCUT2D eigenvalue weighted by Crippen LogP contribution is 2.09. The zero-order valence-electron chi connectivity index (χ0n) is 11.1. The molecule has 1 aromatic heterocycles. The standard InChI is InChI=1S/C15H19N3O/c1-2-12-6-3-4-7-13(12)15(19)18-9-5-8-14-16-10-11-17-14/h3-4,6-7,10-11H,2,5,8-9H2,1H3,(H,16,17)(H,18,19). The van der Waals surface area contributed by atoms with Crippen LogP contribution in [0.15, 0.2) is 36.7 Å². The fraction of sp³-hybridized carbons (Fsp3) is 0.333. The van der Waals surface area contributed by atoms with Crippen LogP contribution in [-0.4, -0.2) is 22.4 Å². The molecule has 0 unspecified atom stereocenters. The molecule has 1 amide bonds. The lowest BCUT2D eigenvalue weighted by atomic mass is 10.0. The number of nitrogens with one attached hydrogen (secondary N) is 2. The lowest BCUT2D eigenvalue weighted by Gasteiger charge is -2.08. The summed E-state index contributed by atoms with van der Waals surface area (Å²) < 4.78 is 0. The number of imidazole rings is 1. The first-order valence-electron chi connectivity index (χ1n) is 6.65. The quantitative estimate of drug-likeness (QED) is 0.780. The summed E-state index contributed by atoms with van der Waals surface area (Å²) in [6.07, 6.45) is 6.16. The molecule has 2 aromatic rings. The third-order valence-corrected chi connectivity index (χ3v) is 3.07. The molecule has 0 aliphatic heterocycles. The number of hydrogen-bond donors (Lipinski definition) is 2. The largest absolute Gasteiger partial charge is 0.352 e. The van der Waals surface area contributed by atoms with E-state index in [2.05, 4.69) is 22.2 Å². The van der Waals surface area contributed by atoms with E-state index in [-0.39, 0.29) is 5.91 Å². The van der Waals surface area contributed by atoms with E-state index in [1.165, 1.54) is 0 Å². The summed E-state index contributed by atoms with van der Waals surface area (Å²) in [5, 5.41) is 2.96. The minimum atomic E-state index is 0.0110. The fourth-order valence-electron chi connectivity index (χ4n) is 2.04. The number of hydrogen-bond acceptors (Lipinski definition) is 2. The first kappa shape index (κ1) is 13.3. The van der Waals surface area contributed by atoms with Gasteiger partial charge in [-0.25, -0.2) is 4.98 Å². The highest BCUT2D eigenvalue weighted by atomic mass is 16.1. The molecule has 1 heterocycles. The number of rotatable bonds is 6. The number of aromatic amines is 1. The molecule has 0 aliphatic rings. The van der Waals surface area contributed by atoms with Crippen molar-refractivity contribution >= 4 is 5.91 Å². The minimum absolute atomic E-state index is 0.0110. The van der Waals surface area contributed by atoms with Crippen LogP contribution in [0.1, 0.15) is 35.1 Å². The Hall–Kier alpha value is -2.10. The lowest BCUT2D eigenvalue weighted by Crippen LogP contribution is -2.25. The van der Waals surface area contributed by atoms with E-state index in [9.17, 15) is 4.79 Å². The summed E-state index contributed by atoms with van der Waals surface area (Å²) in [6.45, 7) is 2.72. The van der Waals surface area contributed by atoms with Crippen LogP contribution in [0, 0.1) is 0 Å². The van der Waals surface area contributed by atoms with E-state index in [0.29, 0.717) is 6.54 Å². The maximum absolute atomic E-state index is 12.1. The van der Waals surface area contributed by atoms with Crippen molar-refractivity contribution in [2.24, 2.45) is 0 Å². The Morgan fingerprint density at radius 2 is 2.21 bits per heavy atom. The molecule has 4 heteroatoms. The number of amides is 1. The first-order chi connectivity index (χ1) is 9.31. The molecule has 0 aliphatic carbocycles. The minimum Gasteiger partial charge on any atom is -0.352 e. The van der Waals surface area contributed by atoms with Crippen molar-refractivity contribution in [3.63, 3.8) is 0 Å². The zero-order chi connectivity index (χ0) is 13.5. The molecule has 0 bridgehead atoms. The van der Waals surface area contributed by atoms with Gasteiger partial charge < -0.3 is 10.3 Å². The third kappa shape index (κ3) is 3.68. The van der Waals surface area contributed by atoms with Gasteiger partial charge in [0.2, 0.25) is 0 Å². The smallest absolute Gasteiger partial charge is 0.251 e. The number of benzene rings is 1. The average molecular weight is 257 g/mol. The van der Waals surface area contributed by atoms with Crippen LogP contribution in [0.3, 0.4) is 0 Å². The van der Waals surface area contributed by atoms with Crippen LogP contribution in [0.2, 0.25) is 0 Å². The van der Waals surface area contributed by atoms with Gasteiger partial charge in [-0.2, -0.15) is 0 Å². The van der Waals surface area contributed by atoms with E-state index in [4.69, 9.17) is 0 Å². The summed E-state index contributed by atoms with van der Waals surface area (Å²) in [4.78, 5) is 19.3. The summed E-state index contributed by atoms with van der Waals surface area (Å²) in [7, 11) is 0. The van der Waals surface area contributed by atoms with Crippen molar-refractivity contribution in [3.8, 4) is 0 Å². The molecule has 2 N–H and O–H groups in total. The van der Waals surface area contributed by atoms with Crippen molar-refractivity contribution in [1.29, 1.82) is 0 Å². The lowest BCUT2D eigenvalue weighted by molar-refractivity contribution is 0.0952. The number of nitrogens with zero attached hydrogens (tertiary/aromatic N) is 1. The summed E-state index contributed by atoms with van der Waals surface area (Å²) >= 11 is 0. The van der Waals surface area contributed by atoms with Crippen molar-refractivity contribution in [3.05, 3.63) is 53.6 Å². The van der Waals surface area contributed by atoms with E-state index in [1.54, 1.807) is 6.20 Å². The Morgan fingerprint density at radius 1 is 1.37 bits per heavy atom. The molecule has 19 heavy (non-hydrogen) atoms. The SMILES string of the molecule is CCc1ccccc1C(=O)NCCCc1ncc[nH]1. The van der Waals surface area contributed by atoms with Crippen LogP contribution < -0.4 is 5.32 Å². The topological polar surface area (TPSA) is 57.8 Å². The second-order valence-electron chi connectivity index (χ2n) is 4.41. The van der Waals surface area contributed by atoms with Gasteiger partial charge in [0.25, 0.3) is 5.91 Å². The van der Waals surface area contributed by atoms with Crippen molar-refractivity contribution in [2.75, 3.05) is 6.54 Å². The maximum Gasteiger partial charge on any atom is 0.251 e. The third-order valence-electron chi connectivity index (χ3n) is 3.07. The van der Waals surface area contributed by atoms with Crippen molar-refractivity contribution < 1.29 is 4.79 Å². The van der Waals surface area contributed by atoms with Gasteiger partial charge in [-0.3, -0.25) is 4.79 Å². The van der Waals surface area contributed by atoms with Crippen LogP contribution in [0.5, 0.6) is 0 Å². The fourth-order valence-corrected chi connectivity index (χ4v) is 2.04. The number of aryl methyl sites for hydroxylation is 2. The maximum atomic E-state index is 12.1. The van der Waals surface area contributed by atoms with Gasteiger partial charge in [0.05, 0.1) is 0 Å². The molecule has 1 aromatic carbocycles. The van der Waals surface area contributed by atoms with Crippen molar-refractivity contribution in [1.82, 2.24) is 15.3 Å². The van der Waals surface area contributed by atoms with E-state index < -0.39 is 0 Å². The predicted molar refractivity (Wildman–Crippen MR) is 75.1 cm³/mol.